The zero-order valence-corrected chi connectivity index (χ0v) is 13.6. The molecule has 2 fully saturated rings. The predicted octanol–water partition coefficient (Wildman–Crippen LogP) is 4.03. The molecule has 1 saturated carbocycles. The smallest absolute Gasteiger partial charge is 0.115 e. The molecule has 118 valence electrons. The standard InChI is InChI=1S/C20H27NO/c1-2-3-11-21-12-10-20-9-5-4-6-17(20)19(21)13-15-7-8-16(22)14-18(15)20/h2-3,7-8,14,17,19,22H,4-6,9-13H2,1H3/b3-2+/t17-,19-,20-/m0/s1. The van der Waals surface area contributed by atoms with Crippen LogP contribution in [0.1, 0.15) is 50.2 Å². The van der Waals surface area contributed by atoms with E-state index in [1.807, 2.05) is 6.07 Å². The lowest BCUT2D eigenvalue weighted by Crippen LogP contribution is -2.60. The van der Waals surface area contributed by atoms with Crippen molar-refractivity contribution in [3.8, 4) is 5.75 Å². The summed E-state index contributed by atoms with van der Waals surface area (Å²) >= 11 is 0. The zero-order valence-electron chi connectivity index (χ0n) is 13.6. The summed E-state index contributed by atoms with van der Waals surface area (Å²) < 4.78 is 0. The molecule has 1 aromatic carbocycles. The number of nitrogens with zero attached hydrogens (tertiary/aromatic N) is 1. The van der Waals surface area contributed by atoms with Crippen molar-refractivity contribution in [2.45, 2.75) is 56.9 Å². The van der Waals surface area contributed by atoms with Crippen LogP contribution in [0.25, 0.3) is 0 Å². The fourth-order valence-electron chi connectivity index (χ4n) is 5.54. The molecule has 0 amide bonds. The Morgan fingerprint density at radius 3 is 3.09 bits per heavy atom. The summed E-state index contributed by atoms with van der Waals surface area (Å²) in [6, 6.07) is 6.85. The van der Waals surface area contributed by atoms with Crippen LogP contribution < -0.4 is 0 Å². The molecular weight excluding hydrogens is 270 g/mol. The SMILES string of the molecule is C/C=C/CN1CC[C@@]23CCCC[C@H]2[C@@H]1Cc1ccc(O)cc13. The van der Waals surface area contributed by atoms with E-state index in [0.717, 1.165) is 12.5 Å². The van der Waals surface area contributed by atoms with Crippen LogP contribution in [0.15, 0.2) is 30.4 Å². The number of aromatic hydroxyl groups is 1. The highest BCUT2D eigenvalue weighted by Gasteiger charge is 2.53. The highest BCUT2D eigenvalue weighted by atomic mass is 16.3. The number of phenols is 1. The van der Waals surface area contributed by atoms with Gasteiger partial charge >= 0.3 is 0 Å². The molecule has 1 saturated heterocycles. The van der Waals surface area contributed by atoms with Crippen molar-refractivity contribution in [1.29, 1.82) is 0 Å². The summed E-state index contributed by atoms with van der Waals surface area (Å²) in [5.74, 6) is 1.24. The number of rotatable bonds is 2. The summed E-state index contributed by atoms with van der Waals surface area (Å²) in [4.78, 5) is 2.71. The van der Waals surface area contributed by atoms with Crippen LogP contribution in [0.3, 0.4) is 0 Å². The van der Waals surface area contributed by atoms with Gasteiger partial charge in [-0.3, -0.25) is 4.90 Å². The van der Waals surface area contributed by atoms with E-state index in [9.17, 15) is 5.11 Å². The van der Waals surface area contributed by atoms with Gasteiger partial charge in [-0.25, -0.2) is 0 Å². The van der Waals surface area contributed by atoms with Crippen LogP contribution in [-0.4, -0.2) is 29.1 Å². The van der Waals surface area contributed by atoms with Crippen molar-refractivity contribution in [2.75, 3.05) is 13.1 Å². The Labute approximate surface area is 133 Å². The van der Waals surface area contributed by atoms with E-state index in [2.05, 4.69) is 36.1 Å². The molecule has 3 aliphatic rings. The number of phenolic OH excluding ortho intramolecular Hbond substituents is 1. The molecule has 0 unspecified atom stereocenters. The van der Waals surface area contributed by atoms with Crippen molar-refractivity contribution in [3.05, 3.63) is 41.5 Å². The Hall–Kier alpha value is -1.28. The number of hydrogen-bond acceptors (Lipinski definition) is 2. The fraction of sp³-hybridized carbons (Fsp3) is 0.600. The Morgan fingerprint density at radius 1 is 1.32 bits per heavy atom. The Kier molecular flexibility index (Phi) is 3.53. The molecular formula is C20H27NO. The van der Waals surface area contributed by atoms with Gasteiger partial charge < -0.3 is 5.11 Å². The quantitative estimate of drug-likeness (QED) is 0.833. The van der Waals surface area contributed by atoms with Gasteiger partial charge in [-0.15, -0.1) is 0 Å². The second-order valence-electron chi connectivity index (χ2n) is 7.44. The van der Waals surface area contributed by atoms with Crippen molar-refractivity contribution in [3.63, 3.8) is 0 Å². The van der Waals surface area contributed by atoms with Crippen molar-refractivity contribution < 1.29 is 5.11 Å². The largest absolute Gasteiger partial charge is 0.508 e. The van der Waals surface area contributed by atoms with Gasteiger partial charge in [0.1, 0.15) is 5.75 Å². The summed E-state index contributed by atoms with van der Waals surface area (Å²) in [5, 5.41) is 10.0. The Balaban J connectivity index is 1.78. The van der Waals surface area contributed by atoms with E-state index in [4.69, 9.17) is 0 Å². The minimum Gasteiger partial charge on any atom is -0.508 e. The zero-order chi connectivity index (χ0) is 15.2. The number of likely N-dealkylation sites (tertiary alicyclic amines) is 1. The normalized spacial score (nSPS) is 34.4. The lowest BCUT2D eigenvalue weighted by Gasteiger charge is -2.59. The molecule has 2 heteroatoms. The molecule has 22 heavy (non-hydrogen) atoms. The van der Waals surface area contributed by atoms with Gasteiger partial charge in [0, 0.05) is 18.0 Å². The third-order valence-corrected chi connectivity index (χ3v) is 6.51. The number of hydrogen-bond donors (Lipinski definition) is 1. The van der Waals surface area contributed by atoms with Crippen molar-refractivity contribution in [1.82, 2.24) is 4.90 Å². The second kappa shape index (κ2) is 5.42. The molecule has 1 heterocycles. The Bertz CT molecular complexity index is 593. The summed E-state index contributed by atoms with van der Waals surface area (Å²) in [5.41, 5.74) is 3.33. The maximum absolute atomic E-state index is 10.0. The summed E-state index contributed by atoms with van der Waals surface area (Å²) in [6.45, 7) is 4.43. The number of piperidine rings is 1. The minimum absolute atomic E-state index is 0.349. The van der Waals surface area contributed by atoms with Crippen LogP contribution in [-0.2, 0) is 11.8 Å². The van der Waals surface area contributed by atoms with E-state index >= 15 is 0 Å². The summed E-state index contributed by atoms with van der Waals surface area (Å²) in [7, 11) is 0. The van der Waals surface area contributed by atoms with Crippen LogP contribution in [0.4, 0.5) is 0 Å². The van der Waals surface area contributed by atoms with E-state index in [-0.39, 0.29) is 0 Å². The molecule has 2 nitrogen and oxygen atoms in total. The molecule has 0 radical (unpaired) electrons. The van der Waals surface area contributed by atoms with Crippen LogP contribution >= 0.6 is 0 Å². The minimum atomic E-state index is 0.349. The first kappa shape index (κ1) is 14.3. The van der Waals surface area contributed by atoms with Gasteiger partial charge in [-0.1, -0.05) is 31.1 Å². The van der Waals surface area contributed by atoms with Crippen LogP contribution in [0.5, 0.6) is 5.75 Å². The third kappa shape index (κ3) is 2.04. The van der Waals surface area contributed by atoms with Crippen molar-refractivity contribution >= 4 is 0 Å². The molecule has 3 atom stereocenters. The number of benzene rings is 1. The van der Waals surface area contributed by atoms with Crippen molar-refractivity contribution in [2.24, 2.45) is 5.92 Å². The van der Waals surface area contributed by atoms with E-state index in [1.54, 1.807) is 0 Å². The molecule has 1 N–H and O–H groups in total. The molecule has 2 aliphatic carbocycles. The summed E-state index contributed by atoms with van der Waals surface area (Å²) in [6.07, 6.45) is 12.3. The molecule has 4 rings (SSSR count). The van der Waals surface area contributed by atoms with Gasteiger partial charge in [0.15, 0.2) is 0 Å². The maximum Gasteiger partial charge on any atom is 0.115 e. The topological polar surface area (TPSA) is 23.5 Å². The first-order valence-electron chi connectivity index (χ1n) is 8.92. The fourth-order valence-corrected chi connectivity index (χ4v) is 5.54. The van der Waals surface area contributed by atoms with Crippen LogP contribution in [0.2, 0.25) is 0 Å². The van der Waals surface area contributed by atoms with E-state index in [1.165, 1.54) is 56.2 Å². The molecule has 2 bridgehead atoms. The molecule has 0 spiro atoms. The van der Waals surface area contributed by atoms with Gasteiger partial charge in [-0.05, 0) is 68.3 Å². The average molecular weight is 297 g/mol. The van der Waals surface area contributed by atoms with E-state index < -0.39 is 0 Å². The highest BCUT2D eigenvalue weighted by molar-refractivity contribution is 5.45. The average Bonchev–Trinajstić information content (AvgIpc) is 2.55. The lowest BCUT2D eigenvalue weighted by molar-refractivity contribution is -0.00522. The lowest BCUT2D eigenvalue weighted by atomic mass is 9.52. The Morgan fingerprint density at radius 2 is 2.23 bits per heavy atom. The second-order valence-corrected chi connectivity index (χ2v) is 7.44. The van der Waals surface area contributed by atoms with Gasteiger partial charge in [0.25, 0.3) is 0 Å². The molecule has 0 aromatic heterocycles. The maximum atomic E-state index is 10.0. The molecule has 1 aromatic rings. The first-order valence-corrected chi connectivity index (χ1v) is 8.92. The molecule has 1 aliphatic heterocycles. The number of allylic oxidation sites excluding steroid dienone is 1. The highest BCUT2D eigenvalue weighted by Crippen LogP contribution is 2.56. The third-order valence-electron chi connectivity index (χ3n) is 6.51. The van der Waals surface area contributed by atoms with E-state index in [0.29, 0.717) is 17.2 Å². The van der Waals surface area contributed by atoms with Crippen LogP contribution in [0, 0.1) is 5.92 Å². The van der Waals surface area contributed by atoms with Gasteiger partial charge in [-0.2, -0.15) is 0 Å². The van der Waals surface area contributed by atoms with Gasteiger partial charge in [0.05, 0.1) is 0 Å². The number of fused-ring (bicyclic) bond motifs is 1. The van der Waals surface area contributed by atoms with Gasteiger partial charge in [0.2, 0.25) is 0 Å². The first-order chi connectivity index (χ1) is 10.7. The predicted molar refractivity (Wildman–Crippen MR) is 90.2 cm³/mol. The monoisotopic (exact) mass is 297 g/mol.